The quantitative estimate of drug-likeness (QED) is 0.130. The van der Waals surface area contributed by atoms with E-state index in [1.165, 1.54) is 14.0 Å². The van der Waals surface area contributed by atoms with Crippen molar-refractivity contribution in [1.29, 1.82) is 0 Å². The first-order valence-electron chi connectivity index (χ1n) is 20.9. The third-order valence-corrected chi connectivity index (χ3v) is 13.0. The number of aliphatic hydroxyl groups excluding tert-OH is 3. The number of nitrogens with zero attached hydrogens (tertiary/aromatic N) is 2. The van der Waals surface area contributed by atoms with Crippen molar-refractivity contribution in [1.82, 2.24) is 9.80 Å². The molecule has 0 aromatic rings. The zero-order valence-corrected chi connectivity index (χ0v) is 37.1. The smallest absolute Gasteiger partial charge is 0.311 e. The molecular formula is C42H76N2O14. The highest BCUT2D eigenvalue weighted by Crippen LogP contribution is 2.40. The summed E-state index contributed by atoms with van der Waals surface area (Å²) in [4.78, 5) is 29.1. The van der Waals surface area contributed by atoms with E-state index in [0.29, 0.717) is 19.5 Å². The Labute approximate surface area is 345 Å². The Morgan fingerprint density at radius 2 is 1.62 bits per heavy atom. The molecule has 0 unspecified atom stereocenters. The van der Waals surface area contributed by atoms with E-state index in [1.54, 1.807) is 60.6 Å². The number of carboxylic acids is 1. The molecule has 0 amide bonds. The number of ether oxygens (including phenoxy) is 6. The number of aliphatic hydroxyl groups is 5. The third kappa shape index (κ3) is 12.2. The normalized spacial score (nSPS) is 45.8. The number of methoxy groups -OCH3 is 1. The van der Waals surface area contributed by atoms with Crippen LogP contribution in [0.1, 0.15) is 101 Å². The molecule has 3 aliphatic rings. The van der Waals surface area contributed by atoms with Crippen LogP contribution in [0.2, 0.25) is 0 Å². The molecule has 0 spiro atoms. The SMILES string of the molecule is CC[C@H]1OC(=O)[C@H](C)[C@@H](O[C@H]2C[C@@](C)(OC)[C@@H](O)[C@H](C)O2)[C@H](C)[C@@H](O[C@@H]2O[C@H](C)C[C@H](N(C)C/C=C\CC(=O)O)[C@H]2O)[C@](C)(O)C[C@@H](C)CN(C)[C@H](C)[C@@H](O)[C@]1(C)O. The van der Waals surface area contributed by atoms with Crippen LogP contribution in [0.4, 0.5) is 0 Å². The van der Waals surface area contributed by atoms with E-state index in [4.69, 9.17) is 33.5 Å². The van der Waals surface area contributed by atoms with Gasteiger partial charge in [0.05, 0.1) is 48.0 Å². The molecule has 0 aliphatic carbocycles. The van der Waals surface area contributed by atoms with E-state index in [1.807, 2.05) is 37.7 Å². The van der Waals surface area contributed by atoms with Gasteiger partial charge in [0.25, 0.3) is 0 Å². The molecule has 0 saturated carbocycles. The second-order valence-electron chi connectivity index (χ2n) is 18.2. The average Bonchev–Trinajstić information content (AvgIpc) is 3.14. The first-order chi connectivity index (χ1) is 26.8. The summed E-state index contributed by atoms with van der Waals surface area (Å²) >= 11 is 0. The Kier molecular flexibility index (Phi) is 18.2. The molecule has 3 aliphatic heterocycles. The van der Waals surface area contributed by atoms with Gasteiger partial charge in [0.15, 0.2) is 12.6 Å². The van der Waals surface area contributed by atoms with Gasteiger partial charge in [-0.3, -0.25) is 14.5 Å². The van der Waals surface area contributed by atoms with Gasteiger partial charge in [-0.15, -0.1) is 0 Å². The third-order valence-electron chi connectivity index (χ3n) is 13.0. The molecule has 18 atom stereocenters. The largest absolute Gasteiger partial charge is 0.481 e. The number of rotatable bonds is 11. The number of likely N-dealkylation sites (N-methyl/N-ethyl adjacent to an activating group) is 2. The van der Waals surface area contributed by atoms with Crippen molar-refractivity contribution >= 4 is 11.9 Å². The van der Waals surface area contributed by atoms with E-state index in [-0.39, 0.29) is 37.7 Å². The van der Waals surface area contributed by atoms with Crippen LogP contribution in [0.5, 0.6) is 0 Å². The summed E-state index contributed by atoms with van der Waals surface area (Å²) in [6.07, 6.45) is -6.01. The van der Waals surface area contributed by atoms with Crippen molar-refractivity contribution in [3.63, 3.8) is 0 Å². The van der Waals surface area contributed by atoms with E-state index in [0.717, 1.165) is 0 Å². The highest BCUT2D eigenvalue weighted by molar-refractivity contribution is 5.73. The fourth-order valence-electron chi connectivity index (χ4n) is 9.22. The Hall–Kier alpha value is -1.80. The summed E-state index contributed by atoms with van der Waals surface area (Å²) in [7, 11) is 5.13. The average molecular weight is 833 g/mol. The van der Waals surface area contributed by atoms with Crippen LogP contribution in [0.3, 0.4) is 0 Å². The van der Waals surface area contributed by atoms with Crippen LogP contribution in [-0.4, -0.2) is 177 Å². The summed E-state index contributed by atoms with van der Waals surface area (Å²) in [5, 5.41) is 67.8. The van der Waals surface area contributed by atoms with Crippen LogP contribution in [0, 0.1) is 17.8 Å². The molecule has 3 heterocycles. The number of carboxylic acid groups (broad SMARTS) is 1. The number of hydrogen-bond acceptors (Lipinski definition) is 15. The van der Waals surface area contributed by atoms with Gasteiger partial charge in [0.2, 0.25) is 0 Å². The van der Waals surface area contributed by atoms with Crippen molar-refractivity contribution in [2.75, 3.05) is 34.3 Å². The zero-order valence-electron chi connectivity index (χ0n) is 37.1. The van der Waals surface area contributed by atoms with Crippen LogP contribution in [-0.2, 0) is 38.0 Å². The van der Waals surface area contributed by atoms with Gasteiger partial charge in [-0.25, -0.2) is 0 Å². The summed E-state index contributed by atoms with van der Waals surface area (Å²) in [5.74, 6) is -3.75. The minimum atomic E-state index is -1.83. The second kappa shape index (κ2) is 20.8. The van der Waals surface area contributed by atoms with E-state index in [9.17, 15) is 35.1 Å². The molecule has 6 N–H and O–H groups in total. The summed E-state index contributed by atoms with van der Waals surface area (Å²) in [6, 6.07) is -1.03. The maximum absolute atomic E-state index is 14.3. The molecule has 0 aromatic carbocycles. The summed E-state index contributed by atoms with van der Waals surface area (Å²) in [5.41, 5.74) is -4.52. The Bertz CT molecular complexity index is 1350. The number of cyclic esters (lactones) is 1. The summed E-state index contributed by atoms with van der Waals surface area (Å²) in [6.45, 7) is 18.1. The maximum Gasteiger partial charge on any atom is 0.311 e. The van der Waals surface area contributed by atoms with Crippen molar-refractivity contribution in [2.24, 2.45) is 17.8 Å². The first-order valence-corrected chi connectivity index (χ1v) is 20.9. The number of carbonyl (C=O) groups is 2. The number of aliphatic carboxylic acids is 1. The lowest BCUT2D eigenvalue weighted by Gasteiger charge is -2.49. The molecule has 338 valence electrons. The van der Waals surface area contributed by atoms with E-state index >= 15 is 0 Å². The van der Waals surface area contributed by atoms with Crippen LogP contribution >= 0.6 is 0 Å². The fourth-order valence-corrected chi connectivity index (χ4v) is 9.22. The minimum Gasteiger partial charge on any atom is -0.481 e. The molecule has 16 nitrogen and oxygen atoms in total. The maximum atomic E-state index is 14.3. The van der Waals surface area contributed by atoms with Crippen molar-refractivity contribution in [3.8, 4) is 0 Å². The van der Waals surface area contributed by atoms with E-state index in [2.05, 4.69) is 0 Å². The van der Waals surface area contributed by atoms with E-state index < -0.39 is 108 Å². The van der Waals surface area contributed by atoms with Crippen molar-refractivity contribution in [2.45, 2.75) is 192 Å². The topological polar surface area (TPSA) is 217 Å². The lowest BCUT2D eigenvalue weighted by atomic mass is 9.77. The predicted octanol–water partition coefficient (Wildman–Crippen LogP) is 2.30. The van der Waals surface area contributed by atoms with Gasteiger partial charge in [-0.05, 0) is 87.7 Å². The van der Waals surface area contributed by atoms with Gasteiger partial charge in [-0.2, -0.15) is 0 Å². The monoisotopic (exact) mass is 833 g/mol. The van der Waals surface area contributed by atoms with Crippen LogP contribution in [0.25, 0.3) is 0 Å². The Balaban J connectivity index is 2.15. The molecule has 3 rings (SSSR count). The lowest BCUT2D eigenvalue weighted by Crippen LogP contribution is -2.60. The molecule has 58 heavy (non-hydrogen) atoms. The van der Waals surface area contributed by atoms with Crippen LogP contribution < -0.4 is 0 Å². The van der Waals surface area contributed by atoms with Crippen molar-refractivity contribution < 1.29 is 68.6 Å². The highest BCUT2D eigenvalue weighted by Gasteiger charge is 2.52. The standard InChI is InChI=1S/C42H76N2O14/c1-14-30-42(10,52)35(48)27(6)44(12)22-23(2)20-40(8,51)37(58-39-33(47)29(19-24(3)54-39)43(11)18-16-15-17-31(45)46)25(4)34(26(5)38(50)56-30)57-32-21-41(9,53-13)36(49)28(7)55-32/h15-16,23-30,32-37,39,47-49,51-52H,14,17-22H2,1-13H3,(H,45,46)/b16-15-/t23-,24-,25+,26-,27-,28+,29+,30-,32+,33-,34+,35-,36+,37-,39+,40-,41-,42-/m1/s1. The Morgan fingerprint density at radius 3 is 2.21 bits per heavy atom. The molecule has 16 heteroatoms. The van der Waals surface area contributed by atoms with Crippen molar-refractivity contribution in [3.05, 3.63) is 12.2 Å². The van der Waals surface area contributed by atoms with Gasteiger partial charge in [0, 0.05) is 44.6 Å². The summed E-state index contributed by atoms with van der Waals surface area (Å²) < 4.78 is 37.7. The van der Waals surface area contributed by atoms with Gasteiger partial charge in [-0.1, -0.05) is 32.9 Å². The van der Waals surface area contributed by atoms with Gasteiger partial charge >= 0.3 is 11.9 Å². The second-order valence-corrected chi connectivity index (χ2v) is 18.2. The first kappa shape index (κ1) is 50.6. The molecule has 3 saturated heterocycles. The molecule has 0 bridgehead atoms. The molecular weight excluding hydrogens is 756 g/mol. The highest BCUT2D eigenvalue weighted by atomic mass is 16.7. The Morgan fingerprint density at radius 1 is 0.983 bits per heavy atom. The number of hydrogen-bond donors (Lipinski definition) is 6. The molecule has 0 aromatic heterocycles. The number of esters is 1. The van der Waals surface area contributed by atoms with Gasteiger partial charge < -0.3 is 64.0 Å². The van der Waals surface area contributed by atoms with Crippen LogP contribution in [0.15, 0.2) is 12.2 Å². The lowest BCUT2D eigenvalue weighted by molar-refractivity contribution is -0.318. The number of carbonyl (C=O) groups excluding carboxylic acids is 1. The zero-order chi connectivity index (χ0) is 44.1. The molecule has 0 radical (unpaired) electrons. The van der Waals surface area contributed by atoms with Gasteiger partial charge in [0.1, 0.15) is 30.0 Å². The fraction of sp³-hybridized carbons (Fsp3) is 0.905. The minimum absolute atomic E-state index is 0.0958. The predicted molar refractivity (Wildman–Crippen MR) is 215 cm³/mol. The molecule has 3 fully saturated rings.